The number of nitrogen functional groups attached to an aromatic ring is 1. The molecule has 0 unspecified atom stereocenters. The minimum Gasteiger partial charge on any atom is -0.495 e. The van der Waals surface area contributed by atoms with E-state index in [9.17, 15) is 8.42 Å². The molecule has 0 aromatic heterocycles. The topological polar surface area (TPSA) is 72.6 Å². The van der Waals surface area contributed by atoms with Crippen LogP contribution in [0.5, 0.6) is 5.75 Å². The molecule has 6 heteroatoms. The summed E-state index contributed by atoms with van der Waals surface area (Å²) in [6.45, 7) is 4.05. The van der Waals surface area contributed by atoms with Crippen molar-refractivity contribution in [2.75, 3.05) is 26.4 Å². The van der Waals surface area contributed by atoms with Crippen molar-refractivity contribution in [2.45, 2.75) is 17.7 Å². The van der Waals surface area contributed by atoms with Crippen molar-refractivity contribution >= 4 is 15.7 Å². The molecule has 0 radical (unpaired) electrons. The Bertz CT molecular complexity index is 541. The molecule has 1 aromatic carbocycles. The maximum absolute atomic E-state index is 12.3. The molecule has 0 aliphatic heterocycles. The summed E-state index contributed by atoms with van der Waals surface area (Å²) in [6, 6.07) is 4.46. The molecule has 19 heavy (non-hydrogen) atoms. The molecule has 0 aliphatic rings. The molecule has 1 aromatic rings. The van der Waals surface area contributed by atoms with E-state index in [2.05, 4.69) is 6.58 Å². The maximum Gasteiger partial charge on any atom is 0.242 e. The summed E-state index contributed by atoms with van der Waals surface area (Å²) in [5.74, 6) is 0.466. The largest absolute Gasteiger partial charge is 0.495 e. The summed E-state index contributed by atoms with van der Waals surface area (Å²) in [7, 11) is -0.462. The SMILES string of the molecule is C=CCCCN(C)S(=O)(=O)c1ccc(OC)c(N)c1. The van der Waals surface area contributed by atoms with Gasteiger partial charge in [-0.25, -0.2) is 12.7 Å². The number of methoxy groups -OCH3 is 1. The van der Waals surface area contributed by atoms with Gasteiger partial charge in [0.25, 0.3) is 0 Å². The first-order chi connectivity index (χ1) is 8.93. The molecule has 0 amide bonds. The molecule has 1 rings (SSSR count). The van der Waals surface area contributed by atoms with Gasteiger partial charge in [-0.15, -0.1) is 6.58 Å². The van der Waals surface area contributed by atoms with Crippen LogP contribution in [0.1, 0.15) is 12.8 Å². The summed E-state index contributed by atoms with van der Waals surface area (Å²) >= 11 is 0. The van der Waals surface area contributed by atoms with E-state index in [1.807, 2.05) is 0 Å². The lowest BCUT2D eigenvalue weighted by Gasteiger charge is -2.17. The number of ether oxygens (including phenoxy) is 1. The second-order valence-electron chi connectivity index (χ2n) is 4.16. The fraction of sp³-hybridized carbons (Fsp3) is 0.385. The van der Waals surface area contributed by atoms with E-state index in [4.69, 9.17) is 10.5 Å². The van der Waals surface area contributed by atoms with Crippen LogP contribution in [-0.4, -0.2) is 33.4 Å². The van der Waals surface area contributed by atoms with Crippen molar-refractivity contribution in [3.63, 3.8) is 0 Å². The summed E-state index contributed by atoms with van der Waals surface area (Å²) < 4.78 is 30.9. The molecule has 5 nitrogen and oxygen atoms in total. The molecule has 0 atom stereocenters. The quantitative estimate of drug-likeness (QED) is 0.471. The highest BCUT2D eigenvalue weighted by Crippen LogP contribution is 2.25. The first-order valence-electron chi connectivity index (χ1n) is 5.94. The van der Waals surface area contributed by atoms with E-state index < -0.39 is 10.0 Å². The van der Waals surface area contributed by atoms with Crippen LogP contribution in [0.3, 0.4) is 0 Å². The zero-order valence-electron chi connectivity index (χ0n) is 11.3. The number of sulfonamides is 1. The van der Waals surface area contributed by atoms with Gasteiger partial charge in [-0.1, -0.05) is 6.08 Å². The molecule has 2 N–H and O–H groups in total. The molecule has 0 saturated heterocycles. The van der Waals surface area contributed by atoms with Crippen LogP contribution in [0.15, 0.2) is 35.7 Å². The molecule has 0 aliphatic carbocycles. The van der Waals surface area contributed by atoms with E-state index in [1.165, 1.54) is 23.5 Å². The van der Waals surface area contributed by atoms with Gasteiger partial charge in [0.1, 0.15) is 5.75 Å². The van der Waals surface area contributed by atoms with Gasteiger partial charge in [0, 0.05) is 13.6 Å². The van der Waals surface area contributed by atoms with Crippen LogP contribution in [0.4, 0.5) is 5.69 Å². The first kappa shape index (κ1) is 15.5. The number of hydrogen-bond acceptors (Lipinski definition) is 4. The Morgan fingerprint density at radius 3 is 2.68 bits per heavy atom. The average molecular weight is 284 g/mol. The number of benzene rings is 1. The highest BCUT2D eigenvalue weighted by atomic mass is 32.2. The minimum atomic E-state index is -3.50. The van der Waals surface area contributed by atoms with Gasteiger partial charge in [-0.2, -0.15) is 0 Å². The van der Waals surface area contributed by atoms with Crippen LogP contribution in [0, 0.1) is 0 Å². The van der Waals surface area contributed by atoms with Crippen LogP contribution in [0.2, 0.25) is 0 Å². The third-order valence-electron chi connectivity index (χ3n) is 2.79. The van der Waals surface area contributed by atoms with Gasteiger partial charge in [0.2, 0.25) is 10.0 Å². The Morgan fingerprint density at radius 2 is 2.16 bits per heavy atom. The third kappa shape index (κ3) is 3.71. The number of allylic oxidation sites excluding steroid dienone is 1. The normalized spacial score (nSPS) is 11.5. The lowest BCUT2D eigenvalue weighted by atomic mass is 10.3. The van der Waals surface area contributed by atoms with Crippen LogP contribution in [-0.2, 0) is 10.0 Å². The van der Waals surface area contributed by atoms with E-state index in [-0.39, 0.29) is 4.90 Å². The molecule has 0 bridgehead atoms. The van der Waals surface area contributed by atoms with Gasteiger partial charge in [-0.05, 0) is 31.0 Å². The molecular formula is C13H20N2O3S. The highest BCUT2D eigenvalue weighted by molar-refractivity contribution is 7.89. The van der Waals surface area contributed by atoms with Crippen molar-refractivity contribution in [1.82, 2.24) is 4.31 Å². The second-order valence-corrected chi connectivity index (χ2v) is 6.21. The molecule has 106 valence electrons. The lowest BCUT2D eigenvalue weighted by Crippen LogP contribution is -2.28. The predicted molar refractivity (Wildman–Crippen MR) is 76.7 cm³/mol. The third-order valence-corrected chi connectivity index (χ3v) is 4.64. The zero-order chi connectivity index (χ0) is 14.5. The Balaban J connectivity index is 2.93. The summed E-state index contributed by atoms with van der Waals surface area (Å²) in [5, 5.41) is 0. The molecule has 0 heterocycles. The number of hydrogen-bond donors (Lipinski definition) is 1. The van der Waals surface area contributed by atoms with Crippen molar-refractivity contribution in [3.8, 4) is 5.75 Å². The van der Waals surface area contributed by atoms with E-state index in [1.54, 1.807) is 19.2 Å². The number of rotatable bonds is 7. The highest BCUT2D eigenvalue weighted by Gasteiger charge is 2.21. The van der Waals surface area contributed by atoms with Crippen LogP contribution in [0.25, 0.3) is 0 Å². The number of anilines is 1. The predicted octanol–water partition coefficient (Wildman–Crippen LogP) is 1.86. The van der Waals surface area contributed by atoms with Gasteiger partial charge in [-0.3, -0.25) is 0 Å². The maximum atomic E-state index is 12.3. The number of nitrogens with two attached hydrogens (primary N) is 1. The summed E-state index contributed by atoms with van der Waals surface area (Å²) in [4.78, 5) is 0.173. The van der Waals surface area contributed by atoms with E-state index >= 15 is 0 Å². The number of nitrogens with zero attached hydrogens (tertiary/aromatic N) is 1. The molecular weight excluding hydrogens is 264 g/mol. The Labute approximate surface area is 114 Å². The second kappa shape index (κ2) is 6.58. The standard InChI is InChI=1S/C13H20N2O3S/c1-4-5-6-9-15(2)19(16,17)11-7-8-13(18-3)12(14)10-11/h4,7-8,10H,1,5-6,9,14H2,2-3H3. The van der Waals surface area contributed by atoms with Gasteiger partial charge in [0.05, 0.1) is 17.7 Å². The van der Waals surface area contributed by atoms with Crippen molar-refractivity contribution in [3.05, 3.63) is 30.9 Å². The van der Waals surface area contributed by atoms with Crippen molar-refractivity contribution < 1.29 is 13.2 Å². The van der Waals surface area contributed by atoms with Gasteiger partial charge >= 0.3 is 0 Å². The molecule has 0 spiro atoms. The molecule has 0 fully saturated rings. The van der Waals surface area contributed by atoms with Gasteiger partial charge < -0.3 is 10.5 Å². The fourth-order valence-corrected chi connectivity index (χ4v) is 2.88. The first-order valence-corrected chi connectivity index (χ1v) is 7.38. The average Bonchev–Trinajstić information content (AvgIpc) is 2.38. The minimum absolute atomic E-state index is 0.173. The lowest BCUT2D eigenvalue weighted by molar-refractivity contribution is 0.416. The monoisotopic (exact) mass is 284 g/mol. The summed E-state index contributed by atoms with van der Waals surface area (Å²) in [6.07, 6.45) is 3.29. The zero-order valence-corrected chi connectivity index (χ0v) is 12.1. The smallest absolute Gasteiger partial charge is 0.242 e. The van der Waals surface area contributed by atoms with E-state index in [0.29, 0.717) is 18.0 Å². The van der Waals surface area contributed by atoms with Crippen molar-refractivity contribution in [1.29, 1.82) is 0 Å². The van der Waals surface area contributed by atoms with Crippen LogP contribution < -0.4 is 10.5 Å². The fourth-order valence-electron chi connectivity index (χ4n) is 1.63. The Morgan fingerprint density at radius 1 is 1.47 bits per heavy atom. The summed E-state index contributed by atoms with van der Waals surface area (Å²) in [5.41, 5.74) is 6.04. The van der Waals surface area contributed by atoms with Crippen LogP contribution >= 0.6 is 0 Å². The Hall–Kier alpha value is -1.53. The van der Waals surface area contributed by atoms with Crippen molar-refractivity contribution in [2.24, 2.45) is 0 Å². The molecule has 0 saturated carbocycles. The van der Waals surface area contributed by atoms with Gasteiger partial charge in [0.15, 0.2) is 0 Å². The Kier molecular flexibility index (Phi) is 5.38. The number of unbranched alkanes of at least 4 members (excludes halogenated alkanes) is 1. The van der Waals surface area contributed by atoms with E-state index in [0.717, 1.165) is 12.8 Å².